The molecule has 4 heteroatoms. The maximum absolute atomic E-state index is 13.0. The maximum Gasteiger partial charge on any atom is 0.124 e. The fourth-order valence-electron chi connectivity index (χ4n) is 1.29. The van der Waals surface area contributed by atoms with Crippen molar-refractivity contribution in [2.24, 2.45) is 0 Å². The first-order valence-electron chi connectivity index (χ1n) is 5.32. The molecule has 0 aliphatic rings. The molecule has 2 atom stereocenters. The Morgan fingerprint density at radius 3 is 2.69 bits per heavy atom. The number of aliphatic hydroxyl groups is 1. The third-order valence-corrected chi connectivity index (χ3v) is 2.38. The first-order valence-corrected chi connectivity index (χ1v) is 5.32. The molecule has 2 N–H and O–H groups in total. The molecule has 0 saturated carbocycles. The van der Waals surface area contributed by atoms with Gasteiger partial charge >= 0.3 is 0 Å². The Kier molecular flexibility index (Phi) is 4.71. The number of ether oxygens (including phenoxy) is 1. The number of halogens is 1. The van der Waals surface area contributed by atoms with E-state index in [-0.39, 0.29) is 11.9 Å². The molecule has 16 heavy (non-hydrogen) atoms. The average molecular weight is 227 g/mol. The minimum absolute atomic E-state index is 0.290. The van der Waals surface area contributed by atoms with Gasteiger partial charge in [0.25, 0.3) is 0 Å². The van der Waals surface area contributed by atoms with Gasteiger partial charge in [0.1, 0.15) is 17.7 Å². The van der Waals surface area contributed by atoms with Crippen LogP contribution in [0.2, 0.25) is 0 Å². The molecule has 0 aromatic heterocycles. The van der Waals surface area contributed by atoms with Crippen molar-refractivity contribution in [1.82, 2.24) is 5.32 Å². The lowest BCUT2D eigenvalue weighted by Gasteiger charge is -2.19. The van der Waals surface area contributed by atoms with Gasteiger partial charge in [0, 0.05) is 12.1 Å². The normalized spacial score (nSPS) is 14.6. The molecule has 2 unspecified atom stereocenters. The van der Waals surface area contributed by atoms with E-state index in [0.29, 0.717) is 12.3 Å². The highest BCUT2D eigenvalue weighted by Gasteiger charge is 2.13. The van der Waals surface area contributed by atoms with Crippen LogP contribution in [-0.2, 0) is 6.54 Å². The number of nitrogens with one attached hydrogen (secondary N) is 1. The molecule has 0 saturated heterocycles. The highest BCUT2D eigenvalue weighted by Crippen LogP contribution is 2.21. The molecule has 0 bridgehead atoms. The second kappa shape index (κ2) is 5.82. The van der Waals surface area contributed by atoms with Crippen molar-refractivity contribution in [2.45, 2.75) is 32.6 Å². The van der Waals surface area contributed by atoms with E-state index in [4.69, 9.17) is 4.74 Å². The fourth-order valence-corrected chi connectivity index (χ4v) is 1.29. The van der Waals surface area contributed by atoms with Crippen molar-refractivity contribution in [1.29, 1.82) is 0 Å². The highest BCUT2D eigenvalue weighted by molar-refractivity contribution is 5.34. The van der Waals surface area contributed by atoms with Crippen LogP contribution in [-0.4, -0.2) is 24.4 Å². The van der Waals surface area contributed by atoms with Crippen LogP contribution in [0.1, 0.15) is 19.4 Å². The largest absolute Gasteiger partial charge is 0.488 e. The van der Waals surface area contributed by atoms with Gasteiger partial charge in [-0.3, -0.25) is 0 Å². The summed E-state index contributed by atoms with van der Waals surface area (Å²) in [6, 6.07) is 4.37. The van der Waals surface area contributed by atoms with E-state index in [1.165, 1.54) is 12.1 Å². The number of benzene rings is 1. The summed E-state index contributed by atoms with van der Waals surface area (Å²) in [5.74, 6) is 0.312. The summed E-state index contributed by atoms with van der Waals surface area (Å²) in [5, 5.41) is 12.3. The van der Waals surface area contributed by atoms with Crippen molar-refractivity contribution < 1.29 is 14.2 Å². The molecular weight excluding hydrogens is 209 g/mol. The van der Waals surface area contributed by atoms with Gasteiger partial charge in [-0.1, -0.05) is 0 Å². The molecule has 1 aromatic rings. The monoisotopic (exact) mass is 227 g/mol. The second-order valence-corrected chi connectivity index (χ2v) is 3.85. The minimum Gasteiger partial charge on any atom is -0.488 e. The second-order valence-electron chi connectivity index (χ2n) is 3.85. The maximum atomic E-state index is 13.0. The van der Waals surface area contributed by atoms with E-state index in [0.717, 1.165) is 5.56 Å². The molecule has 1 aromatic carbocycles. The Hall–Kier alpha value is -1.13. The van der Waals surface area contributed by atoms with Gasteiger partial charge in [0.2, 0.25) is 0 Å². The average Bonchev–Trinajstić information content (AvgIpc) is 2.22. The van der Waals surface area contributed by atoms with Gasteiger partial charge in [-0.05, 0) is 39.1 Å². The molecule has 90 valence electrons. The number of hydrogen-bond donors (Lipinski definition) is 2. The van der Waals surface area contributed by atoms with Gasteiger partial charge in [0.15, 0.2) is 0 Å². The molecule has 1 rings (SSSR count). The van der Waals surface area contributed by atoms with E-state index in [1.54, 1.807) is 27.0 Å². The molecule has 0 aliphatic carbocycles. The van der Waals surface area contributed by atoms with Crippen molar-refractivity contribution >= 4 is 0 Å². The van der Waals surface area contributed by atoms with Crippen molar-refractivity contribution in [2.75, 3.05) is 7.05 Å². The van der Waals surface area contributed by atoms with Gasteiger partial charge in [-0.15, -0.1) is 0 Å². The van der Waals surface area contributed by atoms with Gasteiger partial charge in [-0.25, -0.2) is 4.39 Å². The fraction of sp³-hybridized carbons (Fsp3) is 0.500. The quantitative estimate of drug-likeness (QED) is 0.804. The van der Waals surface area contributed by atoms with Gasteiger partial charge in [0.05, 0.1) is 6.10 Å². The van der Waals surface area contributed by atoms with E-state index < -0.39 is 6.10 Å². The van der Waals surface area contributed by atoms with Gasteiger partial charge < -0.3 is 15.2 Å². The summed E-state index contributed by atoms with van der Waals surface area (Å²) >= 11 is 0. The Labute approximate surface area is 95.2 Å². The predicted octanol–water partition coefficient (Wildman–Crippen LogP) is 1.69. The molecule has 0 aliphatic heterocycles. The highest BCUT2D eigenvalue weighted by atomic mass is 19.1. The first-order chi connectivity index (χ1) is 7.54. The molecule has 0 heterocycles. The summed E-state index contributed by atoms with van der Waals surface area (Å²) in [6.07, 6.45) is -0.881. The third-order valence-electron chi connectivity index (χ3n) is 2.38. The van der Waals surface area contributed by atoms with Crippen LogP contribution in [0.3, 0.4) is 0 Å². The van der Waals surface area contributed by atoms with Crippen molar-refractivity contribution in [3.05, 3.63) is 29.6 Å². The standard InChI is InChI=1S/C12H18FNO2/c1-8(15)9(2)16-12-5-4-11(13)6-10(12)7-14-3/h4-6,8-9,14-15H,7H2,1-3H3. The number of aliphatic hydroxyl groups excluding tert-OH is 1. The summed E-state index contributed by atoms with van der Waals surface area (Å²) in [5.41, 5.74) is 0.745. The Morgan fingerprint density at radius 1 is 1.44 bits per heavy atom. The molecule has 0 fully saturated rings. The Balaban J connectivity index is 2.85. The van der Waals surface area contributed by atoms with Crippen LogP contribution in [0.25, 0.3) is 0 Å². The van der Waals surface area contributed by atoms with Crippen LogP contribution >= 0.6 is 0 Å². The summed E-state index contributed by atoms with van der Waals surface area (Å²) < 4.78 is 18.6. The van der Waals surface area contributed by atoms with E-state index >= 15 is 0 Å². The molecule has 0 amide bonds. The van der Waals surface area contributed by atoms with Crippen molar-refractivity contribution in [3.8, 4) is 5.75 Å². The third kappa shape index (κ3) is 3.47. The van der Waals surface area contributed by atoms with Gasteiger partial charge in [-0.2, -0.15) is 0 Å². The lowest BCUT2D eigenvalue weighted by Crippen LogP contribution is -2.26. The minimum atomic E-state index is -0.563. The zero-order valence-corrected chi connectivity index (χ0v) is 9.83. The smallest absolute Gasteiger partial charge is 0.124 e. The SMILES string of the molecule is CNCc1cc(F)ccc1OC(C)C(C)O. The van der Waals surface area contributed by atoms with Crippen LogP contribution in [0.4, 0.5) is 4.39 Å². The van der Waals surface area contributed by atoms with Crippen LogP contribution in [0.15, 0.2) is 18.2 Å². The molecule has 0 radical (unpaired) electrons. The molecule has 0 spiro atoms. The zero-order valence-electron chi connectivity index (χ0n) is 9.83. The molecule has 3 nitrogen and oxygen atoms in total. The summed E-state index contributed by atoms with van der Waals surface area (Å²) in [4.78, 5) is 0. The van der Waals surface area contributed by atoms with E-state index in [9.17, 15) is 9.50 Å². The lowest BCUT2D eigenvalue weighted by atomic mass is 10.2. The van der Waals surface area contributed by atoms with Crippen molar-refractivity contribution in [3.63, 3.8) is 0 Å². The predicted molar refractivity (Wildman–Crippen MR) is 60.9 cm³/mol. The number of hydrogen-bond acceptors (Lipinski definition) is 3. The summed E-state index contributed by atoms with van der Waals surface area (Å²) in [6.45, 7) is 3.96. The topological polar surface area (TPSA) is 41.5 Å². The first kappa shape index (κ1) is 12.9. The van der Waals surface area contributed by atoms with Crippen LogP contribution in [0, 0.1) is 5.82 Å². The molecular formula is C12H18FNO2. The van der Waals surface area contributed by atoms with Crippen LogP contribution < -0.4 is 10.1 Å². The van der Waals surface area contributed by atoms with E-state index in [2.05, 4.69) is 5.32 Å². The summed E-state index contributed by atoms with van der Waals surface area (Å²) in [7, 11) is 1.78. The van der Waals surface area contributed by atoms with E-state index in [1.807, 2.05) is 0 Å². The Morgan fingerprint density at radius 2 is 2.12 bits per heavy atom. The zero-order chi connectivity index (χ0) is 12.1. The number of rotatable bonds is 5. The Bertz CT molecular complexity index is 342. The lowest BCUT2D eigenvalue weighted by molar-refractivity contribution is 0.0597. The van der Waals surface area contributed by atoms with Crippen LogP contribution in [0.5, 0.6) is 5.75 Å².